The predicted octanol–water partition coefficient (Wildman–Crippen LogP) is 2.66. The van der Waals surface area contributed by atoms with Crippen LogP contribution < -0.4 is 5.32 Å². The summed E-state index contributed by atoms with van der Waals surface area (Å²) in [7, 11) is 0. The van der Waals surface area contributed by atoms with Gasteiger partial charge in [-0.25, -0.2) is 4.39 Å². The van der Waals surface area contributed by atoms with Gasteiger partial charge < -0.3 is 5.32 Å². The van der Waals surface area contributed by atoms with Crippen molar-refractivity contribution in [2.45, 2.75) is 64.2 Å². The molecule has 1 aliphatic rings. The Morgan fingerprint density at radius 3 is 2.67 bits per heavy atom. The maximum atomic E-state index is 13.3. The first-order chi connectivity index (χ1) is 5.74. The second-order valence-corrected chi connectivity index (χ2v) is 3.88. The van der Waals surface area contributed by atoms with Crippen molar-refractivity contribution >= 4 is 0 Å². The average molecular weight is 173 g/mol. The summed E-state index contributed by atoms with van der Waals surface area (Å²) in [4.78, 5) is 0. The number of halogens is 1. The van der Waals surface area contributed by atoms with Crippen LogP contribution >= 0.6 is 0 Å². The number of hydrogen-bond acceptors (Lipinski definition) is 1. The Balaban J connectivity index is 2.28. The smallest absolute Gasteiger partial charge is 0.115 e. The number of hydrogen-bond donors (Lipinski definition) is 1. The topological polar surface area (TPSA) is 12.0 Å². The molecule has 0 aromatic heterocycles. The fourth-order valence-corrected chi connectivity index (χ4v) is 1.76. The van der Waals surface area contributed by atoms with Crippen molar-refractivity contribution < 1.29 is 4.39 Å². The Kier molecular flexibility index (Phi) is 3.99. The molecule has 12 heavy (non-hydrogen) atoms. The minimum atomic E-state index is -0.604. The molecule has 1 saturated carbocycles. The highest BCUT2D eigenvalue weighted by Crippen LogP contribution is 2.21. The first kappa shape index (κ1) is 9.97. The molecule has 0 aromatic rings. The first-order valence-electron chi connectivity index (χ1n) is 5.14. The van der Waals surface area contributed by atoms with Crippen LogP contribution in [0.2, 0.25) is 0 Å². The predicted molar refractivity (Wildman–Crippen MR) is 50.0 cm³/mol. The Morgan fingerprint density at radius 1 is 1.42 bits per heavy atom. The van der Waals surface area contributed by atoms with Gasteiger partial charge in [0.05, 0.1) is 0 Å². The van der Waals surface area contributed by atoms with Crippen LogP contribution in [0.15, 0.2) is 0 Å². The molecule has 0 heterocycles. The van der Waals surface area contributed by atoms with E-state index in [1.165, 1.54) is 6.42 Å². The van der Waals surface area contributed by atoms with Crippen LogP contribution in [0.1, 0.15) is 46.0 Å². The monoisotopic (exact) mass is 173 g/mol. The maximum Gasteiger partial charge on any atom is 0.115 e. The molecule has 0 saturated heterocycles. The van der Waals surface area contributed by atoms with Crippen LogP contribution in [0.3, 0.4) is 0 Å². The van der Waals surface area contributed by atoms with Gasteiger partial charge in [-0.15, -0.1) is 0 Å². The van der Waals surface area contributed by atoms with Crippen LogP contribution in [0.4, 0.5) is 4.39 Å². The molecule has 1 fully saturated rings. The van der Waals surface area contributed by atoms with E-state index >= 15 is 0 Å². The number of rotatable bonds is 3. The Bertz CT molecular complexity index is 127. The quantitative estimate of drug-likeness (QED) is 0.692. The Hall–Kier alpha value is -0.110. The number of nitrogens with one attached hydrogen (secondary N) is 1. The normalized spacial score (nSPS) is 33.2. The largest absolute Gasteiger partial charge is 0.309 e. The van der Waals surface area contributed by atoms with Gasteiger partial charge in [-0.05, 0) is 26.2 Å². The van der Waals surface area contributed by atoms with E-state index in [1.807, 2.05) is 0 Å². The zero-order chi connectivity index (χ0) is 8.97. The summed E-state index contributed by atoms with van der Waals surface area (Å²) in [6.07, 6.45) is 4.52. The molecular weight excluding hydrogens is 153 g/mol. The summed E-state index contributed by atoms with van der Waals surface area (Å²) < 4.78 is 13.3. The highest BCUT2D eigenvalue weighted by molar-refractivity contribution is 4.82. The molecule has 2 heteroatoms. The van der Waals surface area contributed by atoms with Crippen LogP contribution in [-0.4, -0.2) is 18.3 Å². The average Bonchev–Trinajstić information content (AvgIpc) is 2.09. The van der Waals surface area contributed by atoms with Gasteiger partial charge in [0.2, 0.25) is 0 Å². The third kappa shape index (κ3) is 2.74. The summed E-state index contributed by atoms with van der Waals surface area (Å²) in [5.41, 5.74) is 0. The molecule has 0 amide bonds. The van der Waals surface area contributed by atoms with Crippen molar-refractivity contribution in [1.29, 1.82) is 0 Å². The van der Waals surface area contributed by atoms with Crippen molar-refractivity contribution in [1.82, 2.24) is 5.32 Å². The van der Waals surface area contributed by atoms with Crippen molar-refractivity contribution in [3.8, 4) is 0 Å². The fourth-order valence-electron chi connectivity index (χ4n) is 1.76. The lowest BCUT2D eigenvalue weighted by Gasteiger charge is -2.29. The van der Waals surface area contributed by atoms with E-state index in [-0.39, 0.29) is 6.04 Å². The van der Waals surface area contributed by atoms with Crippen molar-refractivity contribution in [2.75, 3.05) is 0 Å². The molecule has 3 atom stereocenters. The highest BCUT2D eigenvalue weighted by Gasteiger charge is 2.24. The van der Waals surface area contributed by atoms with Gasteiger partial charge in [-0.3, -0.25) is 0 Å². The van der Waals surface area contributed by atoms with Crippen LogP contribution in [-0.2, 0) is 0 Å². The molecule has 1 nitrogen and oxygen atoms in total. The summed E-state index contributed by atoms with van der Waals surface area (Å²) in [5.74, 6) is 0. The molecule has 1 N–H and O–H groups in total. The van der Waals surface area contributed by atoms with Gasteiger partial charge in [0.25, 0.3) is 0 Å². The molecule has 2 unspecified atom stereocenters. The third-order valence-corrected chi connectivity index (χ3v) is 2.79. The Morgan fingerprint density at radius 2 is 2.08 bits per heavy atom. The van der Waals surface area contributed by atoms with E-state index in [4.69, 9.17) is 0 Å². The molecule has 72 valence electrons. The van der Waals surface area contributed by atoms with Crippen LogP contribution in [0.5, 0.6) is 0 Å². The molecule has 1 rings (SSSR count). The summed E-state index contributed by atoms with van der Waals surface area (Å²) in [6.45, 7) is 4.26. The standard InChI is InChI=1S/C10H20FN/c1-3-8(2)12-10-7-5-4-6-9(10)11/h8-10,12H,3-7H2,1-2H3/t8?,9-,10?/m0/s1. The lowest BCUT2D eigenvalue weighted by molar-refractivity contribution is 0.179. The van der Waals surface area contributed by atoms with Gasteiger partial charge in [-0.1, -0.05) is 19.8 Å². The van der Waals surface area contributed by atoms with E-state index in [0.29, 0.717) is 6.04 Å². The van der Waals surface area contributed by atoms with Crippen molar-refractivity contribution in [2.24, 2.45) is 0 Å². The van der Waals surface area contributed by atoms with Gasteiger partial charge in [0.15, 0.2) is 0 Å². The second-order valence-electron chi connectivity index (χ2n) is 3.88. The van der Waals surface area contributed by atoms with E-state index in [9.17, 15) is 4.39 Å². The SMILES string of the molecule is CCC(C)NC1CCCC[C@@H]1F. The van der Waals surface area contributed by atoms with Crippen molar-refractivity contribution in [3.05, 3.63) is 0 Å². The summed E-state index contributed by atoms with van der Waals surface area (Å²) in [5, 5.41) is 3.34. The van der Waals surface area contributed by atoms with Gasteiger partial charge >= 0.3 is 0 Å². The van der Waals surface area contributed by atoms with Gasteiger partial charge in [0.1, 0.15) is 6.17 Å². The van der Waals surface area contributed by atoms with E-state index < -0.39 is 6.17 Å². The maximum absolute atomic E-state index is 13.3. The molecule has 0 aromatic carbocycles. The van der Waals surface area contributed by atoms with Crippen LogP contribution in [0, 0.1) is 0 Å². The Labute approximate surface area is 74.7 Å². The summed E-state index contributed by atoms with van der Waals surface area (Å²) in [6, 6.07) is 0.597. The minimum absolute atomic E-state index is 0.133. The van der Waals surface area contributed by atoms with Gasteiger partial charge in [0, 0.05) is 12.1 Å². The van der Waals surface area contributed by atoms with Crippen LogP contribution in [0.25, 0.3) is 0 Å². The third-order valence-electron chi connectivity index (χ3n) is 2.79. The van der Waals surface area contributed by atoms with E-state index in [0.717, 1.165) is 25.7 Å². The zero-order valence-corrected chi connectivity index (χ0v) is 8.15. The molecule has 0 aliphatic heterocycles. The molecule has 0 spiro atoms. The highest BCUT2D eigenvalue weighted by atomic mass is 19.1. The molecule has 1 aliphatic carbocycles. The number of alkyl halides is 1. The first-order valence-corrected chi connectivity index (χ1v) is 5.14. The van der Waals surface area contributed by atoms with E-state index in [2.05, 4.69) is 19.2 Å². The molecular formula is C10H20FN. The van der Waals surface area contributed by atoms with Gasteiger partial charge in [-0.2, -0.15) is 0 Å². The fraction of sp³-hybridized carbons (Fsp3) is 1.00. The van der Waals surface area contributed by atoms with E-state index in [1.54, 1.807) is 0 Å². The lowest BCUT2D eigenvalue weighted by atomic mass is 9.93. The summed E-state index contributed by atoms with van der Waals surface area (Å²) >= 11 is 0. The van der Waals surface area contributed by atoms with Crippen molar-refractivity contribution in [3.63, 3.8) is 0 Å². The minimum Gasteiger partial charge on any atom is -0.309 e. The lowest BCUT2D eigenvalue weighted by Crippen LogP contribution is -2.44. The molecule has 0 radical (unpaired) electrons. The zero-order valence-electron chi connectivity index (χ0n) is 8.15. The second kappa shape index (κ2) is 4.80. The molecule has 0 bridgehead atoms.